The molecule has 0 atom stereocenters. The zero-order valence-electron chi connectivity index (χ0n) is 20.0. The minimum atomic E-state index is 0.240. The molecule has 0 aromatic heterocycles. The number of hydrogen-bond donors (Lipinski definition) is 0. The summed E-state index contributed by atoms with van der Waals surface area (Å²) in [5.41, 5.74) is 9.16. The molecule has 1 heterocycles. The van der Waals surface area contributed by atoms with Crippen molar-refractivity contribution in [2.75, 3.05) is 4.90 Å². The van der Waals surface area contributed by atoms with E-state index in [0.29, 0.717) is 6.42 Å². The second-order valence-electron chi connectivity index (χ2n) is 8.93. The Morgan fingerprint density at radius 1 is 0.765 bits per heavy atom. The van der Waals surface area contributed by atoms with E-state index in [2.05, 4.69) is 105 Å². The molecule has 0 aliphatic carbocycles. The number of nitrogens with zero attached hydrogens (tertiary/aromatic N) is 1. The Morgan fingerprint density at radius 3 is 1.94 bits per heavy atom. The fraction of sp³-hybridized carbons (Fsp3) is 0.194. The minimum Gasteiger partial charge on any atom is -0.308 e. The van der Waals surface area contributed by atoms with E-state index in [1.807, 2.05) is 17.8 Å². The number of para-hydroxylation sites is 2. The Kier molecular flexibility index (Phi) is 6.30. The average molecular weight is 464 g/mol. The molecule has 0 unspecified atom stereocenters. The third kappa shape index (κ3) is 4.17. The number of unbranched alkanes of at least 4 members (excludes halogenated alkanes) is 1. The third-order valence-corrected chi connectivity index (χ3v) is 7.63. The molecule has 2 nitrogen and oxygen atoms in total. The number of ketones is 1. The minimum absolute atomic E-state index is 0.240. The van der Waals surface area contributed by atoms with Crippen molar-refractivity contribution in [3.05, 3.63) is 102 Å². The first-order valence-electron chi connectivity index (χ1n) is 12.0. The van der Waals surface area contributed by atoms with Crippen molar-refractivity contribution in [1.29, 1.82) is 0 Å². The van der Waals surface area contributed by atoms with E-state index in [1.165, 1.54) is 37.9 Å². The second-order valence-corrected chi connectivity index (χ2v) is 10.0. The highest BCUT2D eigenvalue weighted by atomic mass is 32.2. The number of anilines is 3. The van der Waals surface area contributed by atoms with Gasteiger partial charge in [0.05, 0.1) is 11.4 Å². The van der Waals surface area contributed by atoms with Crippen LogP contribution in [0.2, 0.25) is 0 Å². The van der Waals surface area contributed by atoms with Crippen molar-refractivity contribution < 1.29 is 4.79 Å². The molecule has 4 aromatic carbocycles. The normalized spacial score (nSPS) is 12.3. The molecular formula is C31H29NOS. The molecule has 0 N–H and O–H groups in total. The molecule has 0 amide bonds. The van der Waals surface area contributed by atoms with Crippen molar-refractivity contribution in [3.8, 4) is 11.1 Å². The quantitative estimate of drug-likeness (QED) is 0.234. The Hall–Kier alpha value is -3.30. The van der Waals surface area contributed by atoms with Gasteiger partial charge >= 0.3 is 0 Å². The Balaban J connectivity index is 1.52. The molecule has 4 aromatic rings. The van der Waals surface area contributed by atoms with Gasteiger partial charge in [-0.25, -0.2) is 0 Å². The molecule has 3 heteroatoms. The number of fused-ring (bicyclic) bond motifs is 2. The van der Waals surface area contributed by atoms with Crippen LogP contribution in [0.3, 0.4) is 0 Å². The molecule has 0 saturated heterocycles. The lowest BCUT2D eigenvalue weighted by atomic mass is 9.93. The van der Waals surface area contributed by atoms with Crippen LogP contribution in [0.15, 0.2) is 94.7 Å². The van der Waals surface area contributed by atoms with Gasteiger partial charge < -0.3 is 4.90 Å². The Labute approximate surface area is 206 Å². The number of aryl methyl sites for hydroxylation is 2. The van der Waals surface area contributed by atoms with Gasteiger partial charge in [0.1, 0.15) is 0 Å². The zero-order valence-corrected chi connectivity index (χ0v) is 20.8. The van der Waals surface area contributed by atoms with Crippen molar-refractivity contribution >= 4 is 34.6 Å². The van der Waals surface area contributed by atoms with Gasteiger partial charge in [0.2, 0.25) is 0 Å². The highest BCUT2D eigenvalue weighted by Gasteiger charge is 2.24. The standard InChI is InChI=1S/C31H29NOS/c1-4-5-12-29(33)23-15-17-25(21(2)19-23)26-18-16-24(20-22(26)3)32-27-10-6-8-13-30(27)34-31-14-9-7-11-28(31)32/h6-11,13-20H,4-5,12H2,1-3H3. The number of benzene rings is 4. The van der Waals surface area contributed by atoms with E-state index in [-0.39, 0.29) is 5.78 Å². The first kappa shape index (κ1) is 22.5. The lowest BCUT2D eigenvalue weighted by Gasteiger charge is -2.33. The average Bonchev–Trinajstić information content (AvgIpc) is 2.86. The summed E-state index contributed by atoms with van der Waals surface area (Å²) in [6.07, 6.45) is 2.61. The van der Waals surface area contributed by atoms with Crippen LogP contribution in [0.5, 0.6) is 0 Å². The van der Waals surface area contributed by atoms with E-state index < -0.39 is 0 Å². The number of carbonyl (C=O) groups is 1. The van der Waals surface area contributed by atoms with Crippen LogP contribution in [0, 0.1) is 13.8 Å². The monoisotopic (exact) mass is 463 g/mol. The van der Waals surface area contributed by atoms with Crippen LogP contribution in [0.25, 0.3) is 11.1 Å². The fourth-order valence-electron chi connectivity index (χ4n) is 4.69. The molecule has 0 spiro atoms. The molecule has 1 aliphatic heterocycles. The summed E-state index contributed by atoms with van der Waals surface area (Å²) in [5.74, 6) is 0.240. The molecule has 0 radical (unpaired) electrons. The summed E-state index contributed by atoms with van der Waals surface area (Å²) >= 11 is 1.83. The van der Waals surface area contributed by atoms with Gasteiger partial charge in [-0.3, -0.25) is 4.79 Å². The van der Waals surface area contributed by atoms with Gasteiger partial charge in [-0.2, -0.15) is 0 Å². The SMILES string of the molecule is CCCCC(=O)c1ccc(-c2ccc(N3c4ccccc4Sc4ccccc43)cc2C)c(C)c1. The molecule has 0 bridgehead atoms. The molecular weight excluding hydrogens is 434 g/mol. The van der Waals surface area contributed by atoms with Crippen molar-refractivity contribution in [2.45, 2.75) is 49.8 Å². The fourth-order valence-corrected chi connectivity index (χ4v) is 5.75. The van der Waals surface area contributed by atoms with E-state index >= 15 is 0 Å². The number of carbonyl (C=O) groups excluding carboxylic acids is 1. The third-order valence-electron chi connectivity index (χ3n) is 6.50. The maximum absolute atomic E-state index is 12.5. The summed E-state index contributed by atoms with van der Waals surface area (Å²) in [6.45, 7) is 6.40. The zero-order chi connectivity index (χ0) is 23.7. The molecule has 1 aliphatic rings. The van der Waals surface area contributed by atoms with Gasteiger partial charge in [-0.15, -0.1) is 0 Å². The van der Waals surface area contributed by atoms with Gasteiger partial charge in [-0.1, -0.05) is 67.6 Å². The Morgan fingerprint density at radius 2 is 1.35 bits per heavy atom. The lowest BCUT2D eigenvalue weighted by Crippen LogP contribution is -2.14. The van der Waals surface area contributed by atoms with Crippen LogP contribution < -0.4 is 4.90 Å². The van der Waals surface area contributed by atoms with Gasteiger partial charge in [0, 0.05) is 27.5 Å². The molecule has 5 rings (SSSR count). The summed E-state index contributed by atoms with van der Waals surface area (Å²) in [4.78, 5) is 17.4. The first-order chi connectivity index (χ1) is 16.6. The maximum atomic E-state index is 12.5. The van der Waals surface area contributed by atoms with Crippen molar-refractivity contribution in [1.82, 2.24) is 0 Å². The van der Waals surface area contributed by atoms with Crippen LogP contribution in [0.4, 0.5) is 17.1 Å². The summed E-state index contributed by atoms with van der Waals surface area (Å²) in [7, 11) is 0. The van der Waals surface area contributed by atoms with E-state index in [1.54, 1.807) is 0 Å². The number of rotatable bonds is 6. The van der Waals surface area contributed by atoms with Gasteiger partial charge in [0.25, 0.3) is 0 Å². The van der Waals surface area contributed by atoms with E-state index in [9.17, 15) is 4.79 Å². The maximum Gasteiger partial charge on any atom is 0.162 e. The number of Topliss-reactive ketones (excluding diaryl/α,β-unsaturated/α-hetero) is 1. The smallest absolute Gasteiger partial charge is 0.162 e. The van der Waals surface area contributed by atoms with Crippen molar-refractivity contribution in [3.63, 3.8) is 0 Å². The molecule has 34 heavy (non-hydrogen) atoms. The van der Waals surface area contributed by atoms with E-state index in [4.69, 9.17) is 0 Å². The predicted octanol–water partition coefficient (Wildman–Crippen LogP) is 9.28. The highest BCUT2D eigenvalue weighted by Crippen LogP contribution is 2.51. The predicted molar refractivity (Wildman–Crippen MR) is 144 cm³/mol. The van der Waals surface area contributed by atoms with Gasteiger partial charge in [-0.05, 0) is 85.0 Å². The largest absolute Gasteiger partial charge is 0.308 e. The highest BCUT2D eigenvalue weighted by molar-refractivity contribution is 7.99. The Bertz CT molecular complexity index is 1330. The van der Waals surface area contributed by atoms with Crippen LogP contribution in [-0.2, 0) is 0 Å². The molecule has 170 valence electrons. The van der Waals surface area contributed by atoms with E-state index in [0.717, 1.165) is 29.7 Å². The van der Waals surface area contributed by atoms with Crippen molar-refractivity contribution in [2.24, 2.45) is 0 Å². The second kappa shape index (κ2) is 9.52. The number of hydrogen-bond acceptors (Lipinski definition) is 3. The molecule has 0 fully saturated rings. The summed E-state index contributed by atoms with van der Waals surface area (Å²) in [5, 5.41) is 0. The summed E-state index contributed by atoms with van der Waals surface area (Å²) in [6, 6.07) is 30.0. The van der Waals surface area contributed by atoms with Crippen LogP contribution in [-0.4, -0.2) is 5.78 Å². The van der Waals surface area contributed by atoms with Crippen LogP contribution in [0.1, 0.15) is 47.7 Å². The lowest BCUT2D eigenvalue weighted by molar-refractivity contribution is 0.0979. The topological polar surface area (TPSA) is 20.3 Å². The summed E-state index contributed by atoms with van der Waals surface area (Å²) < 4.78 is 0. The van der Waals surface area contributed by atoms with Gasteiger partial charge in [0.15, 0.2) is 5.78 Å². The van der Waals surface area contributed by atoms with Crippen LogP contribution >= 0.6 is 11.8 Å². The first-order valence-corrected chi connectivity index (χ1v) is 12.8. The molecule has 0 saturated carbocycles.